The lowest BCUT2D eigenvalue weighted by Crippen LogP contribution is -2.39. The van der Waals surface area contributed by atoms with E-state index in [1.54, 1.807) is 20.3 Å². The maximum Gasteiger partial charge on any atom is 0.161 e. The average Bonchev–Trinajstić information content (AvgIpc) is 3.13. The molecule has 0 aromatic heterocycles. The normalized spacial score (nSPS) is 23.4. The molecule has 2 N–H and O–H groups in total. The summed E-state index contributed by atoms with van der Waals surface area (Å²) in [6.45, 7) is 3.97. The van der Waals surface area contributed by atoms with Crippen molar-refractivity contribution in [3.05, 3.63) is 35.4 Å². The second-order valence-corrected chi connectivity index (χ2v) is 8.50. The predicted molar refractivity (Wildman–Crippen MR) is 116 cm³/mol. The van der Waals surface area contributed by atoms with Gasteiger partial charge in [0.25, 0.3) is 0 Å². The third-order valence-corrected chi connectivity index (χ3v) is 6.75. The minimum Gasteiger partial charge on any atom is -0.504 e. The minimum absolute atomic E-state index is 0.0708. The van der Waals surface area contributed by atoms with E-state index in [2.05, 4.69) is 11.8 Å². The Balaban J connectivity index is 1.91. The summed E-state index contributed by atoms with van der Waals surface area (Å²) in [7, 11) is 4.79. The van der Waals surface area contributed by atoms with Crippen LogP contribution >= 0.6 is 0 Å². The molecule has 1 saturated heterocycles. The molecule has 2 heterocycles. The monoisotopic (exact) mass is 409 g/mol. The summed E-state index contributed by atoms with van der Waals surface area (Å²) in [5.41, 5.74) is 1.99. The number of phenols is 1. The van der Waals surface area contributed by atoms with Crippen LogP contribution in [0.1, 0.15) is 30.6 Å². The predicted octanol–water partition coefficient (Wildman–Crippen LogP) is 3.98. The van der Waals surface area contributed by atoms with Crippen LogP contribution in [-0.4, -0.2) is 49.0 Å². The number of aliphatic hydroxyl groups excluding tert-OH is 1. The standard InChI is InChI=1S/C24H27NO5/c1-12-5-18-24(27)23-16-6-19(26)20(28-2)7-14(16)13-8-21(29-3)22(30-4)9-15(13)17(23)11-25(18)10-12/h6-9,12,18,24,26-27H,5,10-11H2,1-4H3/t12?,18-,24+/m1/s1. The lowest BCUT2D eigenvalue weighted by Gasteiger charge is -2.37. The van der Waals surface area contributed by atoms with Gasteiger partial charge in [-0.3, -0.25) is 4.90 Å². The highest BCUT2D eigenvalue weighted by molar-refractivity contribution is 6.13. The molecule has 0 bridgehead atoms. The van der Waals surface area contributed by atoms with Gasteiger partial charge in [0.15, 0.2) is 23.0 Å². The Labute approximate surface area is 175 Å². The molecule has 0 aliphatic carbocycles. The number of methoxy groups -OCH3 is 3. The molecule has 3 atom stereocenters. The quantitative estimate of drug-likeness (QED) is 0.638. The molecule has 3 aromatic rings. The summed E-state index contributed by atoms with van der Waals surface area (Å²) in [4.78, 5) is 2.38. The van der Waals surface area contributed by atoms with Gasteiger partial charge in [0.1, 0.15) is 0 Å². The van der Waals surface area contributed by atoms with Gasteiger partial charge < -0.3 is 24.4 Å². The Bertz CT molecular complexity index is 1160. The van der Waals surface area contributed by atoms with Crippen molar-refractivity contribution < 1.29 is 24.4 Å². The van der Waals surface area contributed by atoms with Gasteiger partial charge in [0.05, 0.1) is 27.4 Å². The number of benzene rings is 3. The smallest absolute Gasteiger partial charge is 0.161 e. The maximum atomic E-state index is 11.4. The zero-order valence-corrected chi connectivity index (χ0v) is 17.7. The van der Waals surface area contributed by atoms with Gasteiger partial charge >= 0.3 is 0 Å². The number of nitrogens with zero attached hydrogens (tertiary/aromatic N) is 1. The second kappa shape index (κ2) is 6.93. The molecule has 2 aliphatic rings. The fraction of sp³-hybridized carbons (Fsp3) is 0.417. The highest BCUT2D eigenvalue weighted by Gasteiger charge is 2.41. The van der Waals surface area contributed by atoms with Crippen molar-refractivity contribution in [1.29, 1.82) is 0 Å². The van der Waals surface area contributed by atoms with Gasteiger partial charge in [0.2, 0.25) is 0 Å². The van der Waals surface area contributed by atoms with Crippen LogP contribution in [0.25, 0.3) is 21.5 Å². The summed E-state index contributed by atoms with van der Waals surface area (Å²) in [6.07, 6.45) is 0.347. The minimum atomic E-state index is -0.619. The van der Waals surface area contributed by atoms with Gasteiger partial charge in [-0.05, 0) is 69.3 Å². The molecule has 3 aromatic carbocycles. The molecule has 6 heteroatoms. The van der Waals surface area contributed by atoms with Gasteiger partial charge in [0, 0.05) is 19.1 Å². The van der Waals surface area contributed by atoms with Crippen LogP contribution in [-0.2, 0) is 6.54 Å². The van der Waals surface area contributed by atoms with E-state index in [1.165, 1.54) is 7.11 Å². The number of aliphatic hydroxyl groups is 1. The molecule has 0 radical (unpaired) electrons. The third kappa shape index (κ3) is 2.63. The van der Waals surface area contributed by atoms with E-state index in [9.17, 15) is 10.2 Å². The molecule has 6 nitrogen and oxygen atoms in total. The van der Waals surface area contributed by atoms with Crippen molar-refractivity contribution in [2.45, 2.75) is 32.0 Å². The Kier molecular flexibility index (Phi) is 4.45. The molecule has 30 heavy (non-hydrogen) atoms. The van der Waals surface area contributed by atoms with Crippen LogP contribution in [0, 0.1) is 5.92 Å². The number of rotatable bonds is 3. The summed E-state index contributed by atoms with van der Waals surface area (Å²) in [5, 5.41) is 25.7. The molecular formula is C24H27NO5. The highest BCUT2D eigenvalue weighted by Crippen LogP contribution is 2.49. The van der Waals surface area contributed by atoms with E-state index in [4.69, 9.17) is 14.2 Å². The summed E-state index contributed by atoms with van der Waals surface area (Å²) in [6, 6.07) is 7.63. The van der Waals surface area contributed by atoms with Crippen molar-refractivity contribution in [2.75, 3.05) is 27.9 Å². The fourth-order valence-electron chi connectivity index (χ4n) is 5.42. The largest absolute Gasteiger partial charge is 0.504 e. The first-order valence-electron chi connectivity index (χ1n) is 10.3. The van der Waals surface area contributed by atoms with Crippen molar-refractivity contribution in [3.8, 4) is 23.0 Å². The molecule has 0 saturated carbocycles. The van der Waals surface area contributed by atoms with Gasteiger partial charge in [-0.15, -0.1) is 0 Å². The Morgan fingerprint density at radius 3 is 2.13 bits per heavy atom. The number of hydrogen-bond acceptors (Lipinski definition) is 6. The Morgan fingerprint density at radius 2 is 1.47 bits per heavy atom. The van der Waals surface area contributed by atoms with Crippen LogP contribution in [0.15, 0.2) is 24.3 Å². The van der Waals surface area contributed by atoms with Gasteiger partial charge in [-0.25, -0.2) is 0 Å². The first kappa shape index (κ1) is 19.3. The van der Waals surface area contributed by atoms with E-state index in [1.807, 2.05) is 18.2 Å². The number of ether oxygens (including phenoxy) is 3. The Hall–Kier alpha value is -2.70. The topological polar surface area (TPSA) is 71.4 Å². The van der Waals surface area contributed by atoms with E-state index >= 15 is 0 Å². The molecule has 1 fully saturated rings. The molecule has 5 rings (SSSR count). The van der Waals surface area contributed by atoms with Crippen LogP contribution < -0.4 is 14.2 Å². The summed E-state index contributed by atoms with van der Waals surface area (Å²) >= 11 is 0. The zero-order chi connectivity index (χ0) is 21.2. The van der Waals surface area contributed by atoms with Crippen LogP contribution in [0.3, 0.4) is 0 Å². The zero-order valence-electron chi connectivity index (χ0n) is 17.7. The number of aromatic hydroxyl groups is 1. The van der Waals surface area contributed by atoms with E-state index in [0.717, 1.165) is 52.2 Å². The first-order valence-corrected chi connectivity index (χ1v) is 10.3. The lowest BCUT2D eigenvalue weighted by molar-refractivity contribution is 0.0552. The molecule has 0 amide bonds. The second-order valence-electron chi connectivity index (χ2n) is 8.50. The van der Waals surface area contributed by atoms with E-state index in [-0.39, 0.29) is 11.8 Å². The van der Waals surface area contributed by atoms with Gasteiger partial charge in [-0.2, -0.15) is 0 Å². The Morgan fingerprint density at radius 1 is 0.867 bits per heavy atom. The summed E-state index contributed by atoms with van der Waals surface area (Å²) < 4.78 is 16.5. The maximum absolute atomic E-state index is 11.4. The van der Waals surface area contributed by atoms with Crippen molar-refractivity contribution in [2.24, 2.45) is 5.92 Å². The molecule has 158 valence electrons. The summed E-state index contributed by atoms with van der Waals surface area (Å²) in [5.74, 6) is 2.31. The molecular weight excluding hydrogens is 382 g/mol. The van der Waals surface area contributed by atoms with E-state index in [0.29, 0.717) is 23.2 Å². The SMILES string of the molecule is COc1cc2c(cc1O)c1c(c3cc(OC)c(OC)cc32)CN2CC(C)C[C@@H]2[C@@H]1O. The lowest BCUT2D eigenvalue weighted by atomic mass is 9.83. The fourth-order valence-corrected chi connectivity index (χ4v) is 5.42. The van der Waals surface area contributed by atoms with Crippen LogP contribution in [0.4, 0.5) is 0 Å². The van der Waals surface area contributed by atoms with Crippen molar-refractivity contribution in [3.63, 3.8) is 0 Å². The van der Waals surface area contributed by atoms with Crippen LogP contribution in [0.5, 0.6) is 23.0 Å². The first-order chi connectivity index (χ1) is 14.5. The van der Waals surface area contributed by atoms with Crippen molar-refractivity contribution in [1.82, 2.24) is 4.90 Å². The molecule has 1 unspecified atom stereocenters. The molecule has 0 spiro atoms. The third-order valence-electron chi connectivity index (χ3n) is 6.75. The van der Waals surface area contributed by atoms with Crippen molar-refractivity contribution >= 4 is 21.5 Å². The van der Waals surface area contributed by atoms with Gasteiger partial charge in [-0.1, -0.05) is 6.92 Å². The number of hydrogen-bond donors (Lipinski definition) is 2. The van der Waals surface area contributed by atoms with E-state index < -0.39 is 6.10 Å². The molecule has 2 aliphatic heterocycles. The average molecular weight is 409 g/mol. The number of fused-ring (bicyclic) bond motifs is 7. The highest BCUT2D eigenvalue weighted by atomic mass is 16.5. The number of phenolic OH excluding ortho intramolecular Hbond substituents is 1. The van der Waals surface area contributed by atoms with Crippen LogP contribution in [0.2, 0.25) is 0 Å².